The fourth-order valence-electron chi connectivity index (χ4n) is 3.09. The van der Waals surface area contributed by atoms with Gasteiger partial charge in [-0.05, 0) is 63.5 Å². The fraction of sp³-hybridized carbons (Fsp3) is 0.571. The van der Waals surface area contributed by atoms with E-state index >= 15 is 0 Å². The molecule has 2 aliphatic rings. The predicted octanol–water partition coefficient (Wildman–Crippen LogP) is 1.22. The van der Waals surface area contributed by atoms with Crippen molar-refractivity contribution in [3.63, 3.8) is 0 Å². The Balaban J connectivity index is 1.44. The van der Waals surface area contributed by atoms with E-state index in [0.29, 0.717) is 11.8 Å². The Morgan fingerprint density at radius 2 is 1.27 bits per heavy atom. The van der Waals surface area contributed by atoms with Gasteiger partial charge in [0.25, 0.3) is 11.8 Å². The summed E-state index contributed by atoms with van der Waals surface area (Å²) in [5.41, 5.74) is -0.251. The highest BCUT2D eigenvalue weighted by atomic mass is 16.5. The first kappa shape index (κ1) is 21.7. The first-order valence-corrected chi connectivity index (χ1v) is 10.2. The van der Waals surface area contributed by atoms with Gasteiger partial charge in [-0.3, -0.25) is 9.59 Å². The van der Waals surface area contributed by atoms with Gasteiger partial charge in [0.1, 0.15) is 11.4 Å². The minimum atomic E-state index is -0.824. The molecule has 2 amide bonds. The van der Waals surface area contributed by atoms with Gasteiger partial charge in [-0.2, -0.15) is 0 Å². The number of hydrogen-bond donors (Lipinski definition) is 2. The van der Waals surface area contributed by atoms with Gasteiger partial charge in [0, 0.05) is 12.1 Å². The van der Waals surface area contributed by atoms with Crippen LogP contribution >= 0.6 is 0 Å². The highest BCUT2D eigenvalue weighted by Gasteiger charge is 2.30. The van der Waals surface area contributed by atoms with E-state index in [1.165, 1.54) is 18.2 Å². The van der Waals surface area contributed by atoms with Gasteiger partial charge < -0.3 is 20.1 Å². The molecule has 3 rings (SSSR count). The summed E-state index contributed by atoms with van der Waals surface area (Å²) in [6.45, 7) is 2.99. The maximum absolute atomic E-state index is 12.1. The second kappa shape index (κ2) is 9.69. The van der Waals surface area contributed by atoms with Crippen molar-refractivity contribution < 1.29 is 28.7 Å². The van der Waals surface area contributed by atoms with E-state index in [1.54, 1.807) is 0 Å². The Kier molecular flexibility index (Phi) is 7.02. The Hall–Kier alpha value is -2.97. The Labute approximate surface area is 174 Å². The van der Waals surface area contributed by atoms with E-state index in [2.05, 4.69) is 15.6 Å². The number of carbonyl (C=O) groups is 4. The summed E-state index contributed by atoms with van der Waals surface area (Å²) >= 11 is 0. The Morgan fingerprint density at radius 1 is 0.867 bits per heavy atom. The molecule has 1 aromatic rings. The first-order valence-electron chi connectivity index (χ1n) is 10.2. The van der Waals surface area contributed by atoms with Crippen molar-refractivity contribution in [2.45, 2.75) is 51.6 Å². The molecule has 30 heavy (non-hydrogen) atoms. The van der Waals surface area contributed by atoms with Crippen molar-refractivity contribution >= 4 is 23.8 Å². The second-order valence-electron chi connectivity index (χ2n) is 7.95. The van der Waals surface area contributed by atoms with Crippen LogP contribution < -0.4 is 10.6 Å². The number of nitrogens with one attached hydrogen (secondary N) is 2. The molecule has 0 saturated heterocycles. The maximum atomic E-state index is 12.1. The lowest BCUT2D eigenvalue weighted by Crippen LogP contribution is -2.37. The molecule has 2 N–H and O–H groups in total. The van der Waals surface area contributed by atoms with Gasteiger partial charge in [0.05, 0.1) is 0 Å². The van der Waals surface area contributed by atoms with Gasteiger partial charge in [0.2, 0.25) is 0 Å². The normalized spacial score (nSPS) is 17.4. The summed E-state index contributed by atoms with van der Waals surface area (Å²) in [5.74, 6) is -1.43. The van der Waals surface area contributed by atoms with E-state index in [4.69, 9.17) is 9.47 Å². The number of rotatable bonds is 10. The fourth-order valence-corrected chi connectivity index (χ4v) is 3.09. The molecule has 162 valence electrons. The molecule has 1 heterocycles. The molecule has 0 aliphatic heterocycles. The van der Waals surface area contributed by atoms with E-state index in [1.807, 2.05) is 13.8 Å². The second-order valence-corrected chi connectivity index (χ2v) is 7.95. The summed E-state index contributed by atoms with van der Waals surface area (Å²) in [6, 6.07) is 4.29. The largest absolute Gasteiger partial charge is 0.451 e. The van der Waals surface area contributed by atoms with Crippen LogP contribution in [0.2, 0.25) is 0 Å². The molecule has 0 bridgehead atoms. The molecule has 1 aromatic heterocycles. The van der Waals surface area contributed by atoms with Crippen molar-refractivity contribution in [2.24, 2.45) is 11.8 Å². The van der Waals surface area contributed by atoms with Crippen molar-refractivity contribution in [1.82, 2.24) is 15.6 Å². The number of ether oxygens (including phenoxy) is 2. The minimum absolute atomic E-state index is 0.0527. The standard InChI is InChI=1S/C21H27N3O6/c1-12(14-6-7-14)22-18(25)10-29-20(27)16-4-3-5-17(24-16)21(28)30-11-19(26)23-13(2)15-8-9-15/h3-5,12-15H,6-11H2,1-2H3,(H,22,25)(H,23,26)/t12-,13-/m1/s1. The highest BCUT2D eigenvalue weighted by Crippen LogP contribution is 2.32. The molecule has 2 aliphatic carbocycles. The lowest BCUT2D eigenvalue weighted by atomic mass is 10.2. The average Bonchev–Trinajstić information content (AvgIpc) is 3.62. The molecule has 0 aromatic carbocycles. The SMILES string of the molecule is C[C@@H](NC(=O)COC(=O)c1cccc(C(=O)OCC(=O)N[C@H](C)C2CC2)n1)C1CC1. The average molecular weight is 417 g/mol. The summed E-state index contributed by atoms with van der Waals surface area (Å²) in [4.78, 5) is 51.9. The van der Waals surface area contributed by atoms with Crippen LogP contribution in [0.15, 0.2) is 18.2 Å². The number of pyridine rings is 1. The van der Waals surface area contributed by atoms with Crippen LogP contribution in [0.5, 0.6) is 0 Å². The minimum Gasteiger partial charge on any atom is -0.451 e. The summed E-state index contributed by atoms with van der Waals surface area (Å²) < 4.78 is 9.93. The van der Waals surface area contributed by atoms with Crippen LogP contribution in [0, 0.1) is 11.8 Å². The molecule has 2 atom stereocenters. The van der Waals surface area contributed by atoms with E-state index in [9.17, 15) is 19.2 Å². The van der Waals surface area contributed by atoms with E-state index < -0.39 is 25.2 Å². The number of carbonyl (C=O) groups excluding carboxylic acids is 4. The zero-order valence-corrected chi connectivity index (χ0v) is 17.2. The Morgan fingerprint density at radius 3 is 1.63 bits per heavy atom. The smallest absolute Gasteiger partial charge is 0.357 e. The molecule has 9 nitrogen and oxygen atoms in total. The molecular formula is C21H27N3O6. The zero-order chi connectivity index (χ0) is 21.7. The van der Waals surface area contributed by atoms with Crippen LogP contribution in [0.25, 0.3) is 0 Å². The quantitative estimate of drug-likeness (QED) is 0.549. The van der Waals surface area contributed by atoms with Crippen molar-refractivity contribution in [3.8, 4) is 0 Å². The van der Waals surface area contributed by atoms with E-state index in [0.717, 1.165) is 25.7 Å². The monoisotopic (exact) mass is 417 g/mol. The predicted molar refractivity (Wildman–Crippen MR) is 105 cm³/mol. The summed E-state index contributed by atoms with van der Waals surface area (Å²) in [5, 5.41) is 5.56. The third-order valence-corrected chi connectivity index (χ3v) is 5.27. The van der Waals surface area contributed by atoms with Gasteiger partial charge in [-0.1, -0.05) is 6.07 Å². The van der Waals surface area contributed by atoms with Gasteiger partial charge in [-0.25, -0.2) is 14.6 Å². The molecule has 2 saturated carbocycles. The summed E-state index contributed by atoms with van der Waals surface area (Å²) in [6.07, 6.45) is 4.37. The maximum Gasteiger partial charge on any atom is 0.357 e. The van der Waals surface area contributed by atoms with Gasteiger partial charge >= 0.3 is 11.9 Å². The summed E-state index contributed by atoms with van der Waals surface area (Å²) in [7, 11) is 0. The molecule has 0 radical (unpaired) electrons. The molecule has 0 unspecified atom stereocenters. The van der Waals surface area contributed by atoms with Gasteiger partial charge in [0.15, 0.2) is 13.2 Å². The Bertz CT molecular complexity index is 755. The highest BCUT2D eigenvalue weighted by molar-refractivity contribution is 5.93. The van der Waals surface area contributed by atoms with Crippen LogP contribution in [0.3, 0.4) is 0 Å². The lowest BCUT2D eigenvalue weighted by Gasteiger charge is -2.13. The molecule has 9 heteroatoms. The number of esters is 2. The van der Waals surface area contributed by atoms with Gasteiger partial charge in [-0.15, -0.1) is 0 Å². The van der Waals surface area contributed by atoms with Crippen LogP contribution in [0.4, 0.5) is 0 Å². The van der Waals surface area contributed by atoms with Crippen molar-refractivity contribution in [2.75, 3.05) is 13.2 Å². The zero-order valence-electron chi connectivity index (χ0n) is 17.2. The molecule has 0 spiro atoms. The topological polar surface area (TPSA) is 124 Å². The van der Waals surface area contributed by atoms with Crippen molar-refractivity contribution in [3.05, 3.63) is 29.6 Å². The van der Waals surface area contributed by atoms with Crippen molar-refractivity contribution in [1.29, 1.82) is 0 Å². The lowest BCUT2D eigenvalue weighted by molar-refractivity contribution is -0.125. The third-order valence-electron chi connectivity index (χ3n) is 5.27. The van der Waals surface area contributed by atoms with E-state index in [-0.39, 0.29) is 35.3 Å². The number of amides is 2. The third kappa shape index (κ3) is 6.53. The first-order chi connectivity index (χ1) is 14.3. The van der Waals surface area contributed by atoms with Crippen LogP contribution in [-0.4, -0.2) is 54.0 Å². The number of hydrogen-bond acceptors (Lipinski definition) is 7. The molecular weight excluding hydrogens is 390 g/mol. The van der Waals surface area contributed by atoms with Crippen LogP contribution in [-0.2, 0) is 19.1 Å². The molecule has 2 fully saturated rings. The number of nitrogens with zero attached hydrogens (tertiary/aromatic N) is 1. The number of aromatic nitrogens is 1. The van der Waals surface area contributed by atoms with Crippen LogP contribution in [0.1, 0.15) is 60.5 Å².